The Balaban J connectivity index is 1.26. The lowest BCUT2D eigenvalue weighted by Crippen LogP contribution is -2.45. The van der Waals surface area contributed by atoms with Crippen LogP contribution < -0.4 is 10.2 Å². The molecule has 2 aliphatic heterocycles. The highest BCUT2D eigenvalue weighted by Gasteiger charge is 2.34. The Kier molecular flexibility index (Phi) is 6.32. The highest BCUT2D eigenvalue weighted by atomic mass is 16.2. The molecule has 3 amide bonds. The van der Waals surface area contributed by atoms with Crippen molar-refractivity contribution >= 4 is 23.4 Å². The van der Waals surface area contributed by atoms with Crippen LogP contribution in [0.15, 0.2) is 48.5 Å². The van der Waals surface area contributed by atoms with Gasteiger partial charge in [-0.2, -0.15) is 0 Å². The van der Waals surface area contributed by atoms with Crippen LogP contribution in [0.2, 0.25) is 0 Å². The zero-order valence-electron chi connectivity index (χ0n) is 17.8. The van der Waals surface area contributed by atoms with E-state index in [9.17, 15) is 14.4 Å². The van der Waals surface area contributed by atoms with E-state index in [0.29, 0.717) is 24.1 Å². The number of carbonyl (C=O) groups excluding carboxylic acids is 3. The number of hydrogen-bond donors (Lipinski definition) is 1. The van der Waals surface area contributed by atoms with Crippen LogP contribution in [0.1, 0.15) is 39.1 Å². The highest BCUT2D eigenvalue weighted by molar-refractivity contribution is 6.21. The molecule has 162 valence electrons. The monoisotopic (exact) mass is 420 g/mol. The minimum atomic E-state index is -0.276. The third kappa shape index (κ3) is 4.61. The normalized spacial score (nSPS) is 16.5. The molecular weight excluding hydrogens is 392 g/mol. The van der Waals surface area contributed by atoms with Crippen molar-refractivity contribution < 1.29 is 14.4 Å². The number of rotatable bonds is 7. The number of imide groups is 1. The summed E-state index contributed by atoms with van der Waals surface area (Å²) in [5.41, 5.74) is 3.15. The van der Waals surface area contributed by atoms with E-state index in [-0.39, 0.29) is 30.7 Å². The van der Waals surface area contributed by atoms with Crippen LogP contribution >= 0.6 is 0 Å². The molecule has 0 atom stereocenters. The number of fused-ring (bicyclic) bond motifs is 1. The molecule has 1 N–H and O–H groups in total. The van der Waals surface area contributed by atoms with Crippen molar-refractivity contribution in [1.82, 2.24) is 15.1 Å². The highest BCUT2D eigenvalue weighted by Crippen LogP contribution is 2.23. The molecule has 1 saturated heterocycles. The van der Waals surface area contributed by atoms with Crippen molar-refractivity contribution in [2.45, 2.75) is 19.4 Å². The van der Waals surface area contributed by atoms with Gasteiger partial charge < -0.3 is 15.1 Å². The first-order valence-electron chi connectivity index (χ1n) is 10.8. The van der Waals surface area contributed by atoms with Crippen molar-refractivity contribution in [2.24, 2.45) is 0 Å². The fourth-order valence-corrected chi connectivity index (χ4v) is 4.14. The molecule has 2 aliphatic rings. The van der Waals surface area contributed by atoms with Crippen LogP contribution in [-0.4, -0.2) is 67.3 Å². The summed E-state index contributed by atoms with van der Waals surface area (Å²) in [5.74, 6) is -0.631. The summed E-state index contributed by atoms with van der Waals surface area (Å²) in [5, 5.41) is 2.99. The standard InChI is InChI=1S/C24H28N4O3/c1-26-13-15-27(16-14-26)21-10-5-2-7-18(21)17-25-22(29)11-6-12-28-23(30)19-8-3-4-9-20(19)24(28)31/h2-5,7-10H,6,11-17H2,1H3,(H,25,29). The number of benzene rings is 2. The maximum absolute atomic E-state index is 12.4. The van der Waals surface area contributed by atoms with Gasteiger partial charge in [0.25, 0.3) is 11.8 Å². The Bertz CT molecular complexity index is 947. The lowest BCUT2D eigenvalue weighted by molar-refractivity contribution is -0.121. The van der Waals surface area contributed by atoms with Gasteiger partial charge in [-0.25, -0.2) is 0 Å². The summed E-state index contributed by atoms with van der Waals surface area (Å²) in [6, 6.07) is 15.0. The van der Waals surface area contributed by atoms with Crippen LogP contribution in [0.5, 0.6) is 0 Å². The second-order valence-electron chi connectivity index (χ2n) is 8.11. The minimum absolute atomic E-state index is 0.0789. The molecule has 0 aromatic heterocycles. The second kappa shape index (κ2) is 9.31. The van der Waals surface area contributed by atoms with Crippen molar-refractivity contribution in [3.63, 3.8) is 0 Å². The zero-order valence-corrected chi connectivity index (χ0v) is 17.8. The summed E-state index contributed by atoms with van der Waals surface area (Å²) in [4.78, 5) is 43.1. The molecule has 0 spiro atoms. The van der Waals surface area contributed by atoms with E-state index in [4.69, 9.17) is 0 Å². The van der Waals surface area contributed by atoms with E-state index in [1.807, 2.05) is 18.2 Å². The predicted octanol–water partition coefficient (Wildman–Crippen LogP) is 2.13. The largest absolute Gasteiger partial charge is 0.369 e. The molecule has 0 radical (unpaired) electrons. The number of carbonyl (C=O) groups is 3. The molecule has 31 heavy (non-hydrogen) atoms. The van der Waals surface area contributed by atoms with E-state index in [1.165, 1.54) is 10.6 Å². The van der Waals surface area contributed by atoms with Gasteiger partial charge in [-0.05, 0) is 37.2 Å². The van der Waals surface area contributed by atoms with E-state index in [2.05, 4.69) is 28.2 Å². The van der Waals surface area contributed by atoms with Crippen molar-refractivity contribution in [3.05, 3.63) is 65.2 Å². The SMILES string of the molecule is CN1CCN(c2ccccc2CNC(=O)CCCN2C(=O)c3ccccc3C2=O)CC1. The Morgan fingerprint density at radius 1 is 0.903 bits per heavy atom. The molecule has 2 aromatic rings. The van der Waals surface area contributed by atoms with Gasteiger partial charge in [0.2, 0.25) is 5.91 Å². The third-order valence-corrected chi connectivity index (χ3v) is 5.98. The smallest absolute Gasteiger partial charge is 0.261 e. The van der Waals surface area contributed by atoms with Gasteiger partial charge in [-0.15, -0.1) is 0 Å². The molecule has 0 bridgehead atoms. The first-order chi connectivity index (χ1) is 15.0. The van der Waals surface area contributed by atoms with Crippen LogP contribution in [-0.2, 0) is 11.3 Å². The second-order valence-corrected chi connectivity index (χ2v) is 8.11. The minimum Gasteiger partial charge on any atom is -0.369 e. The Morgan fingerprint density at radius 2 is 1.52 bits per heavy atom. The van der Waals surface area contributed by atoms with E-state index in [1.54, 1.807) is 24.3 Å². The average molecular weight is 421 g/mol. The maximum Gasteiger partial charge on any atom is 0.261 e. The Morgan fingerprint density at radius 3 is 2.19 bits per heavy atom. The number of likely N-dealkylation sites (N-methyl/N-ethyl adjacent to an activating group) is 1. The van der Waals surface area contributed by atoms with E-state index >= 15 is 0 Å². The predicted molar refractivity (Wildman–Crippen MR) is 119 cm³/mol. The number of nitrogens with zero attached hydrogens (tertiary/aromatic N) is 3. The zero-order chi connectivity index (χ0) is 21.8. The summed E-state index contributed by atoms with van der Waals surface area (Å²) in [7, 11) is 2.13. The van der Waals surface area contributed by atoms with Crippen LogP contribution in [0.3, 0.4) is 0 Å². The molecule has 0 unspecified atom stereocenters. The molecule has 0 aliphatic carbocycles. The number of para-hydroxylation sites is 1. The molecule has 7 heteroatoms. The fourth-order valence-electron chi connectivity index (χ4n) is 4.14. The first kappa shape index (κ1) is 21.1. The lowest BCUT2D eigenvalue weighted by atomic mass is 10.1. The number of amides is 3. The molecule has 1 fully saturated rings. The van der Waals surface area contributed by atoms with Gasteiger partial charge in [0.15, 0.2) is 0 Å². The Labute approximate surface area is 182 Å². The number of nitrogens with one attached hydrogen (secondary N) is 1. The Hall–Kier alpha value is -3.19. The first-order valence-corrected chi connectivity index (χ1v) is 10.8. The quantitative estimate of drug-likeness (QED) is 0.695. The van der Waals surface area contributed by atoms with Gasteiger partial charge in [0, 0.05) is 51.4 Å². The summed E-state index contributed by atoms with van der Waals surface area (Å²) in [6.07, 6.45) is 0.710. The van der Waals surface area contributed by atoms with Crippen LogP contribution in [0.25, 0.3) is 0 Å². The molecular formula is C24H28N4O3. The van der Waals surface area contributed by atoms with E-state index < -0.39 is 0 Å². The molecule has 0 saturated carbocycles. The summed E-state index contributed by atoms with van der Waals surface area (Å²) in [6.45, 7) is 4.71. The number of hydrogen-bond acceptors (Lipinski definition) is 5. The number of piperazine rings is 1. The summed E-state index contributed by atoms with van der Waals surface area (Å²) >= 11 is 0. The van der Waals surface area contributed by atoms with Gasteiger partial charge in [0.1, 0.15) is 0 Å². The van der Waals surface area contributed by atoms with Gasteiger partial charge in [-0.3, -0.25) is 19.3 Å². The van der Waals surface area contributed by atoms with Gasteiger partial charge in [0.05, 0.1) is 11.1 Å². The topological polar surface area (TPSA) is 73.0 Å². The fraction of sp³-hybridized carbons (Fsp3) is 0.375. The molecule has 7 nitrogen and oxygen atoms in total. The van der Waals surface area contributed by atoms with Crippen LogP contribution in [0, 0.1) is 0 Å². The summed E-state index contributed by atoms with van der Waals surface area (Å²) < 4.78 is 0. The van der Waals surface area contributed by atoms with Gasteiger partial charge >= 0.3 is 0 Å². The molecule has 2 aromatic carbocycles. The average Bonchev–Trinajstić information content (AvgIpc) is 3.03. The van der Waals surface area contributed by atoms with Crippen molar-refractivity contribution in [2.75, 3.05) is 44.7 Å². The molecule has 2 heterocycles. The van der Waals surface area contributed by atoms with Crippen molar-refractivity contribution in [1.29, 1.82) is 0 Å². The van der Waals surface area contributed by atoms with E-state index in [0.717, 1.165) is 31.7 Å². The number of anilines is 1. The van der Waals surface area contributed by atoms with Crippen molar-refractivity contribution in [3.8, 4) is 0 Å². The van der Waals surface area contributed by atoms with Crippen LogP contribution in [0.4, 0.5) is 5.69 Å². The lowest BCUT2D eigenvalue weighted by Gasteiger charge is -2.35. The maximum atomic E-state index is 12.4. The third-order valence-electron chi connectivity index (χ3n) is 5.98. The van der Waals surface area contributed by atoms with Gasteiger partial charge in [-0.1, -0.05) is 30.3 Å². The molecule has 4 rings (SSSR count).